The van der Waals surface area contributed by atoms with Crippen molar-refractivity contribution in [3.8, 4) is 5.75 Å². The van der Waals surface area contributed by atoms with E-state index in [0.717, 1.165) is 50.1 Å². The van der Waals surface area contributed by atoms with Gasteiger partial charge in [0.15, 0.2) is 0 Å². The lowest BCUT2D eigenvalue weighted by molar-refractivity contribution is 0.323. The first-order valence-electron chi connectivity index (χ1n) is 9.98. The van der Waals surface area contributed by atoms with Gasteiger partial charge in [-0.1, -0.05) is 55.2 Å². The van der Waals surface area contributed by atoms with Gasteiger partial charge in [0, 0.05) is 23.8 Å². The Labute approximate surface area is 169 Å². The highest BCUT2D eigenvalue weighted by Crippen LogP contribution is 2.15. The molecule has 1 heterocycles. The van der Waals surface area contributed by atoms with Gasteiger partial charge in [0.1, 0.15) is 5.75 Å². The number of ether oxygens (including phenoxy) is 1. The largest absolute Gasteiger partial charge is 0.493 e. The molecule has 27 heavy (non-hydrogen) atoms. The van der Waals surface area contributed by atoms with Crippen molar-refractivity contribution < 1.29 is 4.74 Å². The zero-order chi connectivity index (χ0) is 20.1. The van der Waals surface area contributed by atoms with Crippen molar-refractivity contribution in [1.29, 1.82) is 0 Å². The summed E-state index contributed by atoms with van der Waals surface area (Å²) in [5, 5.41) is 0.763. The second kappa shape index (κ2) is 13.4. The number of rotatable bonds is 12. The molecule has 3 nitrogen and oxygen atoms in total. The van der Waals surface area contributed by atoms with Crippen LogP contribution in [0.25, 0.3) is 0 Å². The van der Waals surface area contributed by atoms with E-state index < -0.39 is 0 Å². The Morgan fingerprint density at radius 2 is 2.04 bits per heavy atom. The van der Waals surface area contributed by atoms with Crippen LogP contribution in [0.1, 0.15) is 66.2 Å². The molecule has 1 aromatic heterocycles. The van der Waals surface area contributed by atoms with E-state index in [1.165, 1.54) is 11.1 Å². The highest BCUT2D eigenvalue weighted by atomic mass is 35.5. The van der Waals surface area contributed by atoms with Gasteiger partial charge in [-0.2, -0.15) is 0 Å². The number of allylic oxidation sites excluding steroid dienone is 5. The van der Waals surface area contributed by atoms with E-state index in [1.54, 1.807) is 10.6 Å². The van der Waals surface area contributed by atoms with E-state index in [0.29, 0.717) is 12.4 Å². The maximum Gasteiger partial charge on any atom is 0.254 e. The van der Waals surface area contributed by atoms with Crippen molar-refractivity contribution in [3.63, 3.8) is 0 Å². The van der Waals surface area contributed by atoms with Gasteiger partial charge in [0.25, 0.3) is 5.56 Å². The monoisotopic (exact) mass is 391 g/mol. The van der Waals surface area contributed by atoms with E-state index in [1.807, 2.05) is 30.5 Å². The molecule has 150 valence electrons. The lowest BCUT2D eigenvalue weighted by Gasteiger charge is -2.10. The lowest BCUT2D eigenvalue weighted by atomic mass is 10.0. The van der Waals surface area contributed by atoms with Crippen LogP contribution in [-0.4, -0.2) is 11.2 Å². The van der Waals surface area contributed by atoms with Crippen molar-refractivity contribution in [1.82, 2.24) is 4.57 Å². The molecule has 0 amide bonds. The second-order valence-corrected chi connectivity index (χ2v) is 7.31. The molecular formula is C23H34ClNO2. The Bertz CT molecular complexity index is 709. The molecule has 0 spiro atoms. The highest BCUT2D eigenvalue weighted by molar-refractivity contribution is 6.31. The first-order valence-corrected chi connectivity index (χ1v) is 10.4. The molecule has 0 aromatic carbocycles. The Kier molecular flexibility index (Phi) is 11.6. The zero-order valence-electron chi connectivity index (χ0n) is 17.3. The normalized spacial score (nSPS) is 11.8. The summed E-state index contributed by atoms with van der Waals surface area (Å²) in [4.78, 5) is 12.2. The molecular weight excluding hydrogens is 358 g/mol. The van der Waals surface area contributed by atoms with Crippen molar-refractivity contribution in [2.45, 2.75) is 72.8 Å². The van der Waals surface area contributed by atoms with Crippen LogP contribution in [-0.2, 0) is 6.54 Å². The topological polar surface area (TPSA) is 31.2 Å². The summed E-state index contributed by atoms with van der Waals surface area (Å²) in [6.07, 6.45) is 13.7. The van der Waals surface area contributed by atoms with Crippen molar-refractivity contribution in [3.05, 3.63) is 63.1 Å². The van der Waals surface area contributed by atoms with Crippen LogP contribution in [0, 0.1) is 0 Å². The third kappa shape index (κ3) is 9.67. The highest BCUT2D eigenvalue weighted by Gasteiger charge is 2.02. The summed E-state index contributed by atoms with van der Waals surface area (Å²) in [6, 6.07) is 3.43. The van der Waals surface area contributed by atoms with Crippen molar-refractivity contribution >= 4 is 11.6 Å². The minimum atomic E-state index is -0.0103. The smallest absolute Gasteiger partial charge is 0.254 e. The molecule has 1 rings (SSSR count). The fourth-order valence-electron chi connectivity index (χ4n) is 2.80. The molecule has 0 radical (unpaired) electrons. The Balaban J connectivity index is 2.44. The molecule has 4 heteroatoms. The predicted molar refractivity (Wildman–Crippen MR) is 117 cm³/mol. The standard InChI is InChI=1S/C23H34ClNO2/c1-5-7-12-21(24)13-8-9-17-27-22-14-16-25(23(26)18-22)15-10-11-20(6-2)19(3)4/h8,12-14,16,18H,5-7,9-11,15,17H2,1-4H3/b13-8-,21-12+. The number of aromatic nitrogens is 1. The Morgan fingerprint density at radius 1 is 1.26 bits per heavy atom. The molecule has 0 atom stereocenters. The number of nitrogens with zero attached hydrogens (tertiary/aromatic N) is 1. The first kappa shape index (κ1) is 23.3. The van der Waals surface area contributed by atoms with E-state index in [4.69, 9.17) is 16.3 Å². The van der Waals surface area contributed by atoms with Gasteiger partial charge in [-0.3, -0.25) is 4.79 Å². The number of hydrogen-bond acceptors (Lipinski definition) is 2. The molecule has 0 unspecified atom stereocenters. The summed E-state index contributed by atoms with van der Waals surface area (Å²) in [5.41, 5.74) is 2.87. The number of aryl methyl sites for hydroxylation is 1. The summed E-state index contributed by atoms with van der Waals surface area (Å²) in [7, 11) is 0. The number of halogens is 1. The van der Waals surface area contributed by atoms with Gasteiger partial charge >= 0.3 is 0 Å². The summed E-state index contributed by atoms with van der Waals surface area (Å²) >= 11 is 6.07. The van der Waals surface area contributed by atoms with Crippen LogP contribution < -0.4 is 10.3 Å². The fraction of sp³-hybridized carbons (Fsp3) is 0.522. The second-order valence-electron chi connectivity index (χ2n) is 6.87. The maximum absolute atomic E-state index is 12.2. The van der Waals surface area contributed by atoms with Gasteiger partial charge in [-0.05, 0) is 58.1 Å². The fourth-order valence-corrected chi connectivity index (χ4v) is 3.00. The van der Waals surface area contributed by atoms with Crippen LogP contribution in [0.15, 0.2) is 57.5 Å². The third-order valence-corrected chi connectivity index (χ3v) is 4.72. The molecule has 0 aliphatic carbocycles. The van der Waals surface area contributed by atoms with E-state index in [2.05, 4.69) is 27.7 Å². The Morgan fingerprint density at radius 3 is 2.67 bits per heavy atom. The average molecular weight is 392 g/mol. The van der Waals surface area contributed by atoms with Crippen LogP contribution >= 0.6 is 11.6 Å². The van der Waals surface area contributed by atoms with E-state index in [-0.39, 0.29) is 5.56 Å². The van der Waals surface area contributed by atoms with Crippen molar-refractivity contribution in [2.75, 3.05) is 6.61 Å². The van der Waals surface area contributed by atoms with Crippen LogP contribution in [0.3, 0.4) is 0 Å². The summed E-state index contributed by atoms with van der Waals surface area (Å²) < 4.78 is 7.42. The maximum atomic E-state index is 12.2. The Hall–Kier alpha value is -1.74. The predicted octanol–water partition coefficient (Wildman–Crippen LogP) is 6.62. The molecule has 0 fully saturated rings. The number of pyridine rings is 1. The lowest BCUT2D eigenvalue weighted by Crippen LogP contribution is -2.19. The summed E-state index contributed by atoms with van der Waals surface area (Å²) in [6.45, 7) is 9.88. The van der Waals surface area contributed by atoms with Crippen LogP contribution in [0.5, 0.6) is 5.75 Å². The van der Waals surface area contributed by atoms with Crippen molar-refractivity contribution in [2.24, 2.45) is 0 Å². The molecule has 0 saturated carbocycles. The molecule has 0 aliphatic rings. The molecule has 0 bridgehead atoms. The SMILES string of the molecule is CCC/C=C(Cl)\C=C/CCOc1ccn(CCCC(CC)=C(C)C)c(=O)c1. The zero-order valence-corrected chi connectivity index (χ0v) is 18.0. The molecule has 0 saturated heterocycles. The van der Waals surface area contributed by atoms with Gasteiger partial charge in [0.05, 0.1) is 6.61 Å². The minimum Gasteiger partial charge on any atom is -0.493 e. The van der Waals surface area contributed by atoms with Gasteiger partial charge in [-0.25, -0.2) is 0 Å². The number of unbranched alkanes of at least 4 members (excludes halogenated alkanes) is 1. The van der Waals surface area contributed by atoms with Gasteiger partial charge in [0.2, 0.25) is 0 Å². The summed E-state index contributed by atoms with van der Waals surface area (Å²) in [5.74, 6) is 0.621. The first-order chi connectivity index (χ1) is 13.0. The third-order valence-electron chi connectivity index (χ3n) is 4.44. The van der Waals surface area contributed by atoms with Gasteiger partial charge in [-0.15, -0.1) is 0 Å². The van der Waals surface area contributed by atoms with Gasteiger partial charge < -0.3 is 9.30 Å². The van der Waals surface area contributed by atoms with Crippen LogP contribution in [0.2, 0.25) is 0 Å². The van der Waals surface area contributed by atoms with E-state index in [9.17, 15) is 4.79 Å². The average Bonchev–Trinajstić information content (AvgIpc) is 2.64. The number of hydrogen-bond donors (Lipinski definition) is 0. The molecule has 1 aromatic rings. The van der Waals surface area contributed by atoms with E-state index >= 15 is 0 Å². The minimum absolute atomic E-state index is 0.0103. The quantitative estimate of drug-likeness (QED) is 0.227. The van der Waals surface area contributed by atoms with Crippen LogP contribution in [0.4, 0.5) is 0 Å². The molecule has 0 aliphatic heterocycles. The molecule has 0 N–H and O–H groups in total.